The topological polar surface area (TPSA) is 83.6 Å². The SMILES string of the molecule is CN(CC(=O)O)C(=O)CC(C)(C)CCN. The molecule has 1 amide bonds. The van der Waals surface area contributed by atoms with Gasteiger partial charge in [0.2, 0.25) is 5.91 Å². The molecule has 15 heavy (non-hydrogen) atoms. The summed E-state index contributed by atoms with van der Waals surface area (Å²) in [7, 11) is 1.50. The number of carboxylic acids is 1. The lowest BCUT2D eigenvalue weighted by Crippen LogP contribution is -2.35. The second-order valence-electron chi connectivity index (χ2n) is 4.52. The molecular formula is C10H20N2O3. The van der Waals surface area contributed by atoms with E-state index in [0.29, 0.717) is 13.0 Å². The maximum absolute atomic E-state index is 11.6. The van der Waals surface area contributed by atoms with E-state index in [1.807, 2.05) is 13.8 Å². The smallest absolute Gasteiger partial charge is 0.323 e. The van der Waals surface area contributed by atoms with Gasteiger partial charge in [0, 0.05) is 13.5 Å². The molecule has 0 aromatic heterocycles. The third-order valence-electron chi connectivity index (χ3n) is 2.25. The lowest BCUT2D eigenvalue weighted by Gasteiger charge is -2.25. The number of nitrogens with zero attached hydrogens (tertiary/aromatic N) is 1. The molecule has 0 aromatic rings. The number of aliphatic carboxylic acids is 1. The van der Waals surface area contributed by atoms with Crippen molar-refractivity contribution < 1.29 is 14.7 Å². The Bertz CT molecular complexity index is 239. The van der Waals surface area contributed by atoms with E-state index < -0.39 is 5.97 Å². The van der Waals surface area contributed by atoms with Crippen molar-refractivity contribution in [2.24, 2.45) is 11.1 Å². The van der Waals surface area contributed by atoms with Gasteiger partial charge in [0.1, 0.15) is 6.54 Å². The van der Waals surface area contributed by atoms with Gasteiger partial charge in [0.15, 0.2) is 0 Å². The third kappa shape index (κ3) is 6.06. The molecule has 5 heteroatoms. The van der Waals surface area contributed by atoms with E-state index in [4.69, 9.17) is 10.8 Å². The summed E-state index contributed by atoms with van der Waals surface area (Å²) >= 11 is 0. The number of hydrogen-bond acceptors (Lipinski definition) is 3. The third-order valence-corrected chi connectivity index (χ3v) is 2.25. The molecule has 0 saturated heterocycles. The Labute approximate surface area is 90.2 Å². The molecule has 88 valence electrons. The predicted octanol–water partition coefficient (Wildman–Crippen LogP) is 0.295. The monoisotopic (exact) mass is 216 g/mol. The molecule has 0 heterocycles. The summed E-state index contributed by atoms with van der Waals surface area (Å²) < 4.78 is 0. The van der Waals surface area contributed by atoms with Crippen LogP contribution in [0.4, 0.5) is 0 Å². The highest BCUT2D eigenvalue weighted by molar-refractivity contribution is 5.81. The second-order valence-corrected chi connectivity index (χ2v) is 4.52. The van der Waals surface area contributed by atoms with E-state index in [0.717, 1.165) is 6.42 Å². The van der Waals surface area contributed by atoms with E-state index in [2.05, 4.69) is 0 Å². The highest BCUT2D eigenvalue weighted by Gasteiger charge is 2.23. The van der Waals surface area contributed by atoms with Gasteiger partial charge >= 0.3 is 5.97 Å². The first-order valence-electron chi connectivity index (χ1n) is 4.94. The number of carbonyl (C=O) groups excluding carboxylic acids is 1. The number of likely N-dealkylation sites (N-methyl/N-ethyl adjacent to an activating group) is 1. The van der Waals surface area contributed by atoms with Gasteiger partial charge in [-0.3, -0.25) is 9.59 Å². The second kappa shape index (κ2) is 5.70. The van der Waals surface area contributed by atoms with Crippen LogP contribution in [0.3, 0.4) is 0 Å². The van der Waals surface area contributed by atoms with E-state index in [-0.39, 0.29) is 17.9 Å². The molecule has 0 unspecified atom stereocenters. The van der Waals surface area contributed by atoms with E-state index >= 15 is 0 Å². The minimum absolute atomic E-state index is 0.157. The Morgan fingerprint density at radius 1 is 1.40 bits per heavy atom. The van der Waals surface area contributed by atoms with Crippen molar-refractivity contribution in [1.29, 1.82) is 0 Å². The van der Waals surface area contributed by atoms with Gasteiger partial charge in [-0.2, -0.15) is 0 Å². The number of hydrogen-bond donors (Lipinski definition) is 2. The maximum atomic E-state index is 11.6. The number of carboxylic acid groups (broad SMARTS) is 1. The molecule has 0 aliphatic rings. The van der Waals surface area contributed by atoms with Crippen molar-refractivity contribution in [3.05, 3.63) is 0 Å². The van der Waals surface area contributed by atoms with Gasteiger partial charge < -0.3 is 15.7 Å². The van der Waals surface area contributed by atoms with Crippen molar-refractivity contribution >= 4 is 11.9 Å². The van der Waals surface area contributed by atoms with Crippen LogP contribution < -0.4 is 5.73 Å². The average molecular weight is 216 g/mol. The molecule has 0 radical (unpaired) electrons. The van der Waals surface area contributed by atoms with Crippen molar-refractivity contribution in [3.63, 3.8) is 0 Å². The molecule has 0 bridgehead atoms. The zero-order chi connectivity index (χ0) is 12.1. The Hall–Kier alpha value is -1.10. The summed E-state index contributed by atoms with van der Waals surface area (Å²) in [5, 5.41) is 8.52. The van der Waals surface area contributed by atoms with Crippen LogP contribution in [0.15, 0.2) is 0 Å². The number of rotatable bonds is 6. The molecule has 0 rings (SSSR count). The largest absolute Gasteiger partial charge is 0.480 e. The fourth-order valence-electron chi connectivity index (χ4n) is 1.31. The van der Waals surface area contributed by atoms with Crippen LogP contribution in [0, 0.1) is 5.41 Å². The van der Waals surface area contributed by atoms with E-state index in [1.54, 1.807) is 0 Å². The molecule has 0 saturated carbocycles. The summed E-state index contributed by atoms with van der Waals surface area (Å²) in [5.41, 5.74) is 5.26. The first-order chi connectivity index (χ1) is 6.78. The van der Waals surface area contributed by atoms with Crippen molar-refractivity contribution in [2.75, 3.05) is 20.1 Å². The van der Waals surface area contributed by atoms with Gasteiger partial charge in [-0.15, -0.1) is 0 Å². The Balaban J connectivity index is 4.17. The average Bonchev–Trinajstić information content (AvgIpc) is 2.01. The Morgan fingerprint density at radius 2 is 1.93 bits per heavy atom. The Kier molecular flexibility index (Phi) is 5.28. The summed E-state index contributed by atoms with van der Waals surface area (Å²) in [6.07, 6.45) is 1.08. The maximum Gasteiger partial charge on any atom is 0.323 e. The number of nitrogens with two attached hydrogens (primary N) is 1. The molecule has 0 fully saturated rings. The first-order valence-corrected chi connectivity index (χ1v) is 4.94. The zero-order valence-electron chi connectivity index (χ0n) is 9.62. The first kappa shape index (κ1) is 13.9. The minimum Gasteiger partial charge on any atom is -0.480 e. The molecule has 0 spiro atoms. The van der Waals surface area contributed by atoms with Gasteiger partial charge in [-0.1, -0.05) is 13.8 Å². The highest BCUT2D eigenvalue weighted by atomic mass is 16.4. The van der Waals surface area contributed by atoms with Gasteiger partial charge in [-0.25, -0.2) is 0 Å². The van der Waals surface area contributed by atoms with Crippen LogP contribution in [0.1, 0.15) is 26.7 Å². The van der Waals surface area contributed by atoms with Crippen molar-refractivity contribution in [2.45, 2.75) is 26.7 Å². The van der Waals surface area contributed by atoms with Crippen molar-refractivity contribution in [3.8, 4) is 0 Å². The molecule has 0 aliphatic carbocycles. The quantitative estimate of drug-likeness (QED) is 0.668. The van der Waals surface area contributed by atoms with Crippen LogP contribution >= 0.6 is 0 Å². The summed E-state index contributed by atoms with van der Waals surface area (Å²) in [6, 6.07) is 0. The summed E-state index contributed by atoms with van der Waals surface area (Å²) in [6.45, 7) is 4.18. The molecule has 5 nitrogen and oxygen atoms in total. The normalized spacial score (nSPS) is 11.2. The number of amides is 1. The van der Waals surface area contributed by atoms with Gasteiger partial charge in [0.05, 0.1) is 0 Å². The van der Waals surface area contributed by atoms with E-state index in [9.17, 15) is 9.59 Å². The van der Waals surface area contributed by atoms with Crippen LogP contribution in [-0.2, 0) is 9.59 Å². The van der Waals surface area contributed by atoms with Gasteiger partial charge in [-0.05, 0) is 18.4 Å². The number of carbonyl (C=O) groups is 2. The molecule has 0 aromatic carbocycles. The standard InChI is InChI=1S/C10H20N2O3/c1-10(2,4-5-11)6-8(13)12(3)7-9(14)15/h4-7,11H2,1-3H3,(H,14,15). The lowest BCUT2D eigenvalue weighted by atomic mass is 9.85. The summed E-state index contributed by atoms with van der Waals surface area (Å²) in [4.78, 5) is 23.2. The molecule has 0 atom stereocenters. The lowest BCUT2D eigenvalue weighted by molar-refractivity contribution is -0.144. The van der Waals surface area contributed by atoms with Crippen LogP contribution in [0.25, 0.3) is 0 Å². The molecule has 3 N–H and O–H groups in total. The predicted molar refractivity (Wildman–Crippen MR) is 57.3 cm³/mol. The van der Waals surface area contributed by atoms with Crippen LogP contribution in [-0.4, -0.2) is 42.0 Å². The molecular weight excluding hydrogens is 196 g/mol. The fraction of sp³-hybridized carbons (Fsp3) is 0.800. The molecule has 0 aliphatic heterocycles. The van der Waals surface area contributed by atoms with Crippen LogP contribution in [0.5, 0.6) is 0 Å². The summed E-state index contributed by atoms with van der Waals surface area (Å²) in [5.74, 6) is -1.15. The van der Waals surface area contributed by atoms with Crippen molar-refractivity contribution in [1.82, 2.24) is 4.90 Å². The van der Waals surface area contributed by atoms with Gasteiger partial charge in [0.25, 0.3) is 0 Å². The van der Waals surface area contributed by atoms with E-state index in [1.165, 1.54) is 11.9 Å². The minimum atomic E-state index is -0.998. The highest BCUT2D eigenvalue weighted by Crippen LogP contribution is 2.24. The fourth-order valence-corrected chi connectivity index (χ4v) is 1.31. The Morgan fingerprint density at radius 3 is 2.33 bits per heavy atom. The van der Waals surface area contributed by atoms with Crippen LogP contribution in [0.2, 0.25) is 0 Å². The zero-order valence-corrected chi connectivity index (χ0v) is 9.62.